The van der Waals surface area contributed by atoms with Crippen molar-refractivity contribution in [2.45, 2.75) is 44.4 Å². The molecule has 198 valence electrons. The van der Waals surface area contributed by atoms with E-state index in [0.717, 1.165) is 28.3 Å². The monoisotopic (exact) mass is 532 g/mol. The summed E-state index contributed by atoms with van der Waals surface area (Å²) in [5, 5.41) is 0. The number of halogens is 3. The van der Waals surface area contributed by atoms with Gasteiger partial charge in [-0.15, -0.1) is 0 Å². The van der Waals surface area contributed by atoms with Gasteiger partial charge in [-0.05, 0) is 49.1 Å². The molecule has 4 rings (SSSR count). The van der Waals surface area contributed by atoms with Crippen LogP contribution in [0.5, 0.6) is 0 Å². The molecule has 0 N–H and O–H groups in total. The molecule has 2 aromatic carbocycles. The van der Waals surface area contributed by atoms with Crippen molar-refractivity contribution < 1.29 is 21.6 Å². The zero-order valence-electron chi connectivity index (χ0n) is 21.1. The third-order valence-corrected chi connectivity index (χ3v) is 8.13. The molecular weight excluding hydrogens is 501 g/mol. The van der Waals surface area contributed by atoms with Gasteiger partial charge < -0.3 is 9.80 Å². The Labute approximate surface area is 216 Å². The van der Waals surface area contributed by atoms with E-state index in [2.05, 4.69) is 0 Å². The third kappa shape index (κ3) is 6.07. The van der Waals surface area contributed by atoms with Crippen molar-refractivity contribution >= 4 is 21.4 Å². The van der Waals surface area contributed by atoms with Crippen LogP contribution in [0.3, 0.4) is 0 Å². The zero-order valence-corrected chi connectivity index (χ0v) is 21.9. The minimum Gasteiger partial charge on any atom is -0.378 e. The zero-order chi connectivity index (χ0) is 26.8. The van der Waals surface area contributed by atoms with Crippen molar-refractivity contribution in [2.75, 3.05) is 30.4 Å². The first-order valence-corrected chi connectivity index (χ1v) is 13.5. The van der Waals surface area contributed by atoms with Gasteiger partial charge in [-0.25, -0.2) is 8.42 Å². The molecule has 6 nitrogen and oxygen atoms in total. The van der Waals surface area contributed by atoms with Gasteiger partial charge in [0.1, 0.15) is 0 Å². The van der Waals surface area contributed by atoms with Gasteiger partial charge in [-0.2, -0.15) is 17.5 Å². The fourth-order valence-corrected chi connectivity index (χ4v) is 5.68. The van der Waals surface area contributed by atoms with Gasteiger partial charge in [-0.1, -0.05) is 48.5 Å². The lowest BCUT2D eigenvalue weighted by Crippen LogP contribution is -2.47. The fourth-order valence-electron chi connectivity index (χ4n) is 4.71. The molecule has 10 heteroatoms. The van der Waals surface area contributed by atoms with Crippen LogP contribution in [0.2, 0.25) is 0 Å². The Bertz CT molecular complexity index is 1330. The average Bonchev–Trinajstić information content (AvgIpc) is 2.99. The van der Waals surface area contributed by atoms with Gasteiger partial charge in [0, 0.05) is 50.3 Å². The topological polar surface area (TPSA) is 56.8 Å². The molecule has 0 spiro atoms. The van der Waals surface area contributed by atoms with Gasteiger partial charge in [0.25, 0.3) is 0 Å². The predicted octanol–water partition coefficient (Wildman–Crippen LogP) is 5.13. The first-order chi connectivity index (χ1) is 17.5. The number of nitrogens with zero attached hydrogens (tertiary/aromatic N) is 4. The molecule has 1 aromatic heterocycles. The Morgan fingerprint density at radius 2 is 1.70 bits per heavy atom. The van der Waals surface area contributed by atoms with Crippen LogP contribution in [0, 0.1) is 6.92 Å². The van der Waals surface area contributed by atoms with Gasteiger partial charge in [0.2, 0.25) is 0 Å². The maximum absolute atomic E-state index is 13.7. The Morgan fingerprint density at radius 1 is 1.03 bits per heavy atom. The number of rotatable bonds is 7. The van der Waals surface area contributed by atoms with E-state index in [0.29, 0.717) is 29.3 Å². The highest BCUT2D eigenvalue weighted by molar-refractivity contribution is 7.89. The van der Waals surface area contributed by atoms with E-state index in [1.165, 1.54) is 0 Å². The second-order valence-electron chi connectivity index (χ2n) is 9.53. The maximum Gasteiger partial charge on any atom is 0.511 e. The summed E-state index contributed by atoms with van der Waals surface area (Å²) in [7, 11) is -1.65. The second kappa shape index (κ2) is 10.7. The van der Waals surface area contributed by atoms with E-state index >= 15 is 0 Å². The van der Waals surface area contributed by atoms with Crippen LogP contribution in [0.1, 0.15) is 28.9 Å². The van der Waals surface area contributed by atoms with Crippen molar-refractivity contribution in [1.82, 2.24) is 9.29 Å². The summed E-state index contributed by atoms with van der Waals surface area (Å²) in [4.78, 5) is 8.68. The first-order valence-electron chi connectivity index (χ1n) is 12.1. The van der Waals surface area contributed by atoms with E-state index in [4.69, 9.17) is 4.98 Å². The summed E-state index contributed by atoms with van der Waals surface area (Å²) in [6, 6.07) is 20.1. The maximum atomic E-state index is 13.7. The molecule has 1 unspecified atom stereocenters. The van der Waals surface area contributed by atoms with Crippen molar-refractivity contribution in [3.63, 3.8) is 0 Å². The molecule has 3 aromatic rings. The molecule has 1 atom stereocenters. The van der Waals surface area contributed by atoms with Crippen molar-refractivity contribution in [1.29, 1.82) is 0 Å². The Hall–Kier alpha value is -3.11. The summed E-state index contributed by atoms with van der Waals surface area (Å²) in [6.45, 7) is 1.60. The van der Waals surface area contributed by atoms with Crippen molar-refractivity contribution in [2.24, 2.45) is 0 Å². The standard InChI is InChI=1S/C27H31F3N4O2S/c1-20-15-25(32(2)3)16-23(31-20)18-34-24(14-13-21-9-5-4-6-10-21)19-33(37(35,36)27(28,29)30)17-22-11-7-8-12-26(22)34/h4-12,15-16,24H,13-14,17-19H2,1-3H3. The van der Waals surface area contributed by atoms with E-state index in [-0.39, 0.29) is 13.1 Å². The number of aromatic nitrogens is 1. The highest BCUT2D eigenvalue weighted by Crippen LogP contribution is 2.36. The molecule has 0 bridgehead atoms. The Balaban J connectivity index is 1.78. The lowest BCUT2D eigenvalue weighted by atomic mass is 10.0. The third-order valence-electron chi connectivity index (χ3n) is 6.58. The van der Waals surface area contributed by atoms with Crippen LogP contribution in [0.25, 0.3) is 0 Å². The van der Waals surface area contributed by atoms with Gasteiger partial charge in [-0.3, -0.25) is 4.98 Å². The largest absolute Gasteiger partial charge is 0.511 e. The molecule has 0 radical (unpaired) electrons. The average molecular weight is 533 g/mol. The van der Waals surface area contributed by atoms with E-state index in [9.17, 15) is 21.6 Å². The minimum absolute atomic E-state index is 0.282. The lowest BCUT2D eigenvalue weighted by molar-refractivity contribution is -0.0492. The molecule has 0 fully saturated rings. The number of anilines is 2. The number of pyridine rings is 1. The summed E-state index contributed by atoms with van der Waals surface area (Å²) in [6.07, 6.45) is 1.06. The molecule has 37 heavy (non-hydrogen) atoms. The number of aryl methyl sites for hydroxylation is 2. The molecule has 1 aliphatic heterocycles. The number of alkyl halides is 3. The molecule has 0 amide bonds. The highest BCUT2D eigenvalue weighted by Gasteiger charge is 2.51. The summed E-state index contributed by atoms with van der Waals surface area (Å²) in [5.74, 6) is 0. The first kappa shape index (κ1) is 26.9. The minimum atomic E-state index is -5.52. The lowest BCUT2D eigenvalue weighted by Gasteiger charge is -2.34. The smallest absolute Gasteiger partial charge is 0.378 e. The van der Waals surface area contributed by atoms with E-state index in [1.807, 2.05) is 85.4 Å². The molecule has 0 aliphatic carbocycles. The second-order valence-corrected chi connectivity index (χ2v) is 11.5. The fraction of sp³-hybridized carbons (Fsp3) is 0.370. The molecule has 2 heterocycles. The quantitative estimate of drug-likeness (QED) is 0.422. The van der Waals surface area contributed by atoms with Gasteiger partial charge >= 0.3 is 15.5 Å². The van der Waals surface area contributed by atoms with Crippen LogP contribution < -0.4 is 9.80 Å². The Kier molecular flexibility index (Phi) is 7.80. The van der Waals surface area contributed by atoms with Crippen molar-refractivity contribution in [3.05, 3.63) is 89.2 Å². The number of sulfonamides is 1. The molecule has 0 saturated heterocycles. The van der Waals surface area contributed by atoms with Gasteiger partial charge in [0.05, 0.1) is 12.2 Å². The SMILES string of the molecule is Cc1cc(N(C)C)cc(CN2c3ccccc3CN(S(=O)(=O)C(F)(F)F)CC2CCc2ccccc2)n1. The molecule has 0 saturated carbocycles. The molecular formula is C27H31F3N4O2S. The summed E-state index contributed by atoms with van der Waals surface area (Å²) < 4.78 is 66.7. The van der Waals surface area contributed by atoms with Crippen LogP contribution in [-0.4, -0.2) is 49.9 Å². The van der Waals surface area contributed by atoms with Crippen molar-refractivity contribution in [3.8, 4) is 0 Å². The highest BCUT2D eigenvalue weighted by atomic mass is 32.2. The number of para-hydroxylation sites is 1. The number of fused-ring (bicyclic) bond motifs is 1. The van der Waals surface area contributed by atoms with E-state index < -0.39 is 21.6 Å². The number of benzene rings is 2. The number of hydrogen-bond acceptors (Lipinski definition) is 5. The summed E-state index contributed by atoms with van der Waals surface area (Å²) in [5.41, 5.74) is -0.545. The number of hydrogen-bond donors (Lipinski definition) is 0. The van der Waals surface area contributed by atoms with Crippen LogP contribution in [0.4, 0.5) is 24.5 Å². The Morgan fingerprint density at radius 3 is 2.38 bits per heavy atom. The van der Waals surface area contributed by atoms with E-state index in [1.54, 1.807) is 12.1 Å². The van der Waals surface area contributed by atoms with Crippen LogP contribution >= 0.6 is 0 Å². The predicted molar refractivity (Wildman–Crippen MR) is 140 cm³/mol. The van der Waals surface area contributed by atoms with Crippen LogP contribution in [0.15, 0.2) is 66.7 Å². The normalized spacial score (nSPS) is 16.8. The molecule has 1 aliphatic rings. The summed E-state index contributed by atoms with van der Waals surface area (Å²) >= 11 is 0. The van der Waals surface area contributed by atoms with Crippen LogP contribution in [-0.2, 0) is 29.5 Å². The van der Waals surface area contributed by atoms with Gasteiger partial charge in [0.15, 0.2) is 0 Å².